The molecule has 0 spiro atoms. The Hall–Kier alpha value is -2.69. The molecule has 1 amide bonds. The molecule has 0 aliphatic carbocycles. The van der Waals surface area contributed by atoms with Crippen molar-refractivity contribution in [2.75, 3.05) is 24.5 Å². The molecule has 5 heterocycles. The van der Waals surface area contributed by atoms with Crippen molar-refractivity contribution in [3.63, 3.8) is 0 Å². The van der Waals surface area contributed by atoms with E-state index < -0.39 is 12.0 Å². The zero-order valence-corrected chi connectivity index (χ0v) is 16.1. The summed E-state index contributed by atoms with van der Waals surface area (Å²) in [5, 5.41) is 12.9. The molecule has 1 saturated heterocycles. The molecule has 0 aromatic carbocycles. The fourth-order valence-electron chi connectivity index (χ4n) is 3.99. The van der Waals surface area contributed by atoms with Gasteiger partial charge in [0.15, 0.2) is 5.65 Å². The van der Waals surface area contributed by atoms with Crippen molar-refractivity contribution in [3.8, 4) is 0 Å². The molecule has 1 fully saturated rings. The third kappa shape index (κ3) is 3.22. The Morgan fingerprint density at radius 2 is 2.03 bits per heavy atom. The molecule has 2 aliphatic heterocycles. The van der Waals surface area contributed by atoms with E-state index in [1.54, 1.807) is 17.4 Å². The summed E-state index contributed by atoms with van der Waals surface area (Å²) < 4.78 is 40.0. The largest absolute Gasteiger partial charge is 0.453 e. The van der Waals surface area contributed by atoms with Crippen molar-refractivity contribution in [3.05, 3.63) is 39.8 Å². The Kier molecular flexibility index (Phi) is 4.23. The van der Waals surface area contributed by atoms with Gasteiger partial charge in [0, 0.05) is 31.1 Å². The van der Waals surface area contributed by atoms with E-state index in [0.717, 1.165) is 6.42 Å². The van der Waals surface area contributed by atoms with Crippen molar-refractivity contribution in [2.24, 2.45) is 5.92 Å². The maximum absolute atomic E-state index is 13.1. The topological polar surface area (TPSA) is 66.6 Å². The second-order valence-electron chi connectivity index (χ2n) is 7.29. The number of carbonyl (C=O) groups is 1. The van der Waals surface area contributed by atoms with Crippen molar-refractivity contribution < 1.29 is 18.0 Å². The lowest BCUT2D eigenvalue weighted by atomic mass is 10.0. The Balaban J connectivity index is 1.32. The highest BCUT2D eigenvalue weighted by Gasteiger charge is 2.38. The van der Waals surface area contributed by atoms with Gasteiger partial charge < -0.3 is 9.80 Å². The minimum absolute atomic E-state index is 0.0350. The SMILES string of the molecule is O=C(C1CCN(c2ccc3nnc(C(F)(F)F)n3n2)C1)N1CCc2sccc2C1. The number of aromatic nitrogens is 4. The van der Waals surface area contributed by atoms with E-state index in [1.165, 1.54) is 16.5 Å². The quantitative estimate of drug-likeness (QED) is 0.635. The Bertz CT molecular complexity index is 1080. The molecule has 1 atom stereocenters. The summed E-state index contributed by atoms with van der Waals surface area (Å²) in [5.74, 6) is -0.848. The van der Waals surface area contributed by atoms with Gasteiger partial charge in [-0.3, -0.25) is 4.79 Å². The minimum Gasteiger partial charge on any atom is -0.354 e. The van der Waals surface area contributed by atoms with E-state index in [-0.39, 0.29) is 17.5 Å². The molecule has 2 aliphatic rings. The molecule has 1 unspecified atom stereocenters. The number of anilines is 1. The van der Waals surface area contributed by atoms with Crippen LogP contribution in [0.15, 0.2) is 23.6 Å². The van der Waals surface area contributed by atoms with E-state index in [0.29, 0.717) is 42.9 Å². The first-order chi connectivity index (χ1) is 13.9. The monoisotopic (exact) mass is 422 g/mol. The molecular weight excluding hydrogens is 405 g/mol. The fraction of sp³-hybridized carbons (Fsp3) is 0.444. The molecule has 0 radical (unpaired) electrons. The summed E-state index contributed by atoms with van der Waals surface area (Å²) in [5.41, 5.74) is 1.25. The normalized spacial score (nSPS) is 19.8. The molecule has 7 nitrogen and oxygen atoms in total. The number of nitrogens with zero attached hydrogens (tertiary/aromatic N) is 6. The second-order valence-corrected chi connectivity index (χ2v) is 8.29. The lowest BCUT2D eigenvalue weighted by Crippen LogP contribution is -2.40. The molecule has 3 aromatic heterocycles. The summed E-state index contributed by atoms with van der Waals surface area (Å²) in [7, 11) is 0. The van der Waals surface area contributed by atoms with Crippen LogP contribution in [0.3, 0.4) is 0 Å². The zero-order chi connectivity index (χ0) is 20.2. The van der Waals surface area contributed by atoms with Gasteiger partial charge in [0.1, 0.15) is 5.82 Å². The van der Waals surface area contributed by atoms with Gasteiger partial charge in [0.25, 0.3) is 5.82 Å². The van der Waals surface area contributed by atoms with Crippen molar-refractivity contribution in [1.29, 1.82) is 0 Å². The molecule has 0 saturated carbocycles. The van der Waals surface area contributed by atoms with Crippen molar-refractivity contribution >= 4 is 28.7 Å². The predicted octanol–water partition coefficient (Wildman–Crippen LogP) is 2.62. The van der Waals surface area contributed by atoms with E-state index in [4.69, 9.17) is 0 Å². The van der Waals surface area contributed by atoms with Crippen LogP contribution >= 0.6 is 11.3 Å². The number of hydrogen-bond acceptors (Lipinski definition) is 6. The summed E-state index contributed by atoms with van der Waals surface area (Å²) in [6.45, 7) is 2.35. The molecule has 0 N–H and O–H groups in total. The van der Waals surface area contributed by atoms with Gasteiger partial charge in [0.05, 0.1) is 5.92 Å². The number of alkyl halides is 3. The molecule has 29 heavy (non-hydrogen) atoms. The van der Waals surface area contributed by atoms with Crippen LogP contribution in [0.25, 0.3) is 5.65 Å². The number of hydrogen-bond donors (Lipinski definition) is 0. The highest BCUT2D eigenvalue weighted by molar-refractivity contribution is 7.10. The van der Waals surface area contributed by atoms with Crippen molar-refractivity contribution in [1.82, 2.24) is 24.7 Å². The molecule has 3 aromatic rings. The van der Waals surface area contributed by atoms with Gasteiger partial charge in [-0.1, -0.05) is 0 Å². The summed E-state index contributed by atoms with van der Waals surface area (Å²) in [6.07, 6.45) is -3.11. The second kappa shape index (κ2) is 6.68. The van der Waals surface area contributed by atoms with Crippen LogP contribution in [-0.4, -0.2) is 50.3 Å². The fourth-order valence-corrected chi connectivity index (χ4v) is 4.88. The van der Waals surface area contributed by atoms with E-state index in [2.05, 4.69) is 26.7 Å². The van der Waals surface area contributed by atoms with Crippen LogP contribution in [-0.2, 0) is 23.9 Å². The van der Waals surface area contributed by atoms with E-state index >= 15 is 0 Å². The Morgan fingerprint density at radius 1 is 1.17 bits per heavy atom. The van der Waals surface area contributed by atoms with Crippen LogP contribution < -0.4 is 4.90 Å². The average molecular weight is 422 g/mol. The predicted molar refractivity (Wildman–Crippen MR) is 99.5 cm³/mol. The maximum Gasteiger partial charge on any atom is 0.453 e. The van der Waals surface area contributed by atoms with Gasteiger partial charge in [-0.25, -0.2) is 0 Å². The molecular formula is C18H17F3N6OS. The summed E-state index contributed by atoms with van der Waals surface area (Å²) >= 11 is 1.73. The number of carbonyl (C=O) groups excluding carboxylic acids is 1. The first-order valence-corrected chi connectivity index (χ1v) is 10.2. The smallest absolute Gasteiger partial charge is 0.354 e. The van der Waals surface area contributed by atoms with Gasteiger partial charge >= 0.3 is 6.18 Å². The zero-order valence-electron chi connectivity index (χ0n) is 15.3. The van der Waals surface area contributed by atoms with E-state index in [9.17, 15) is 18.0 Å². The van der Waals surface area contributed by atoms with Crippen LogP contribution in [0, 0.1) is 5.92 Å². The first kappa shape index (κ1) is 18.3. The van der Waals surface area contributed by atoms with Crippen molar-refractivity contribution in [2.45, 2.75) is 25.6 Å². The third-order valence-corrected chi connectivity index (χ3v) is 6.51. The molecule has 5 rings (SSSR count). The molecule has 152 valence electrons. The number of amides is 1. The lowest BCUT2D eigenvalue weighted by Gasteiger charge is -2.29. The maximum atomic E-state index is 13.1. The lowest BCUT2D eigenvalue weighted by molar-refractivity contribution is -0.146. The van der Waals surface area contributed by atoms with Crippen LogP contribution in [0.4, 0.5) is 19.0 Å². The van der Waals surface area contributed by atoms with Gasteiger partial charge in [-0.2, -0.15) is 17.7 Å². The van der Waals surface area contributed by atoms with Crippen LogP contribution in [0.5, 0.6) is 0 Å². The van der Waals surface area contributed by atoms with Crippen LogP contribution in [0.1, 0.15) is 22.7 Å². The minimum atomic E-state index is -4.64. The molecule has 0 bridgehead atoms. The molecule has 11 heteroatoms. The first-order valence-electron chi connectivity index (χ1n) is 9.29. The van der Waals surface area contributed by atoms with Gasteiger partial charge in [-0.15, -0.1) is 26.6 Å². The highest BCUT2D eigenvalue weighted by Crippen LogP contribution is 2.30. The summed E-state index contributed by atoms with van der Waals surface area (Å²) in [6, 6.07) is 5.15. The average Bonchev–Trinajstić information content (AvgIpc) is 3.44. The standard InChI is InChI=1S/C18H17F3N6OS/c19-18(20,21)17-23-22-14-1-2-15(24-27(14)17)25-6-3-12(10-25)16(28)26-7-4-13-11(9-26)5-8-29-13/h1-2,5,8,12H,3-4,6-7,9-10H2. The Labute approximate surface area is 167 Å². The third-order valence-electron chi connectivity index (χ3n) is 5.48. The van der Waals surface area contributed by atoms with E-state index in [1.807, 2.05) is 9.80 Å². The Morgan fingerprint density at radius 3 is 2.86 bits per heavy atom. The van der Waals surface area contributed by atoms with Gasteiger partial charge in [0.2, 0.25) is 5.91 Å². The van der Waals surface area contributed by atoms with Gasteiger partial charge in [-0.05, 0) is 42.0 Å². The number of thiophene rings is 1. The summed E-state index contributed by atoms with van der Waals surface area (Å²) in [4.78, 5) is 18.1. The number of halogens is 3. The number of fused-ring (bicyclic) bond motifs is 2. The number of rotatable bonds is 2. The van der Waals surface area contributed by atoms with Crippen LogP contribution in [0.2, 0.25) is 0 Å². The highest BCUT2D eigenvalue weighted by atomic mass is 32.1.